The van der Waals surface area contributed by atoms with Crippen LogP contribution in [-0.2, 0) is 0 Å². The zero-order chi connectivity index (χ0) is 18.4. The van der Waals surface area contributed by atoms with Crippen molar-refractivity contribution in [3.63, 3.8) is 0 Å². The Bertz CT molecular complexity index is 601. The molecule has 3 N–H and O–H groups in total. The normalized spacial score (nSPS) is 17.8. The highest BCUT2D eigenvalue weighted by molar-refractivity contribution is 5.96. The molecule has 6 heteroatoms. The van der Waals surface area contributed by atoms with Crippen LogP contribution in [0.25, 0.3) is 0 Å². The van der Waals surface area contributed by atoms with Crippen LogP contribution in [0.15, 0.2) is 24.3 Å². The number of anilines is 1. The molecule has 1 fully saturated rings. The average molecular weight is 346 g/mol. The van der Waals surface area contributed by atoms with Crippen molar-refractivity contribution in [1.29, 1.82) is 0 Å². The molecule has 0 aliphatic carbocycles. The molecular formula is C19H30N4O2. The smallest absolute Gasteiger partial charge is 0.319 e. The van der Waals surface area contributed by atoms with Gasteiger partial charge in [-0.15, -0.1) is 0 Å². The lowest BCUT2D eigenvalue weighted by atomic mass is 10.1. The molecule has 1 heterocycles. The van der Waals surface area contributed by atoms with Crippen LogP contribution in [-0.4, -0.2) is 48.6 Å². The molecule has 1 atom stereocenters. The molecule has 0 aromatic heterocycles. The minimum Gasteiger partial charge on any atom is -0.352 e. The fraction of sp³-hybridized carbons (Fsp3) is 0.579. The second kappa shape index (κ2) is 8.85. The van der Waals surface area contributed by atoms with E-state index < -0.39 is 0 Å². The van der Waals surface area contributed by atoms with Crippen molar-refractivity contribution in [2.24, 2.45) is 5.92 Å². The van der Waals surface area contributed by atoms with Crippen LogP contribution in [0.5, 0.6) is 0 Å². The van der Waals surface area contributed by atoms with E-state index in [0.29, 0.717) is 29.8 Å². The number of rotatable bonds is 6. The molecule has 2 rings (SSSR count). The summed E-state index contributed by atoms with van der Waals surface area (Å²) >= 11 is 0. The Hall–Kier alpha value is -2.08. The van der Waals surface area contributed by atoms with E-state index in [-0.39, 0.29) is 18.0 Å². The highest BCUT2D eigenvalue weighted by Gasteiger charge is 2.24. The van der Waals surface area contributed by atoms with Crippen molar-refractivity contribution in [3.8, 4) is 0 Å². The first-order valence-electron chi connectivity index (χ1n) is 9.05. The summed E-state index contributed by atoms with van der Waals surface area (Å²) in [6.07, 6.45) is 1.12. The van der Waals surface area contributed by atoms with E-state index in [4.69, 9.17) is 0 Å². The quantitative estimate of drug-likeness (QED) is 0.741. The molecule has 0 radical (unpaired) electrons. The lowest BCUT2D eigenvalue weighted by molar-refractivity contribution is 0.0947. The van der Waals surface area contributed by atoms with Gasteiger partial charge in [0.25, 0.3) is 5.91 Å². The summed E-state index contributed by atoms with van der Waals surface area (Å²) < 4.78 is 0. The zero-order valence-corrected chi connectivity index (χ0v) is 15.6. The van der Waals surface area contributed by atoms with Gasteiger partial charge in [0.15, 0.2) is 0 Å². The Labute approximate surface area is 150 Å². The summed E-state index contributed by atoms with van der Waals surface area (Å²) in [5.74, 6) is 0.403. The summed E-state index contributed by atoms with van der Waals surface area (Å²) in [5.41, 5.74) is 1.17. The highest BCUT2D eigenvalue weighted by atomic mass is 16.2. The summed E-state index contributed by atoms with van der Waals surface area (Å²) in [5, 5.41) is 8.53. The number of nitrogens with zero attached hydrogens (tertiary/aromatic N) is 1. The van der Waals surface area contributed by atoms with Gasteiger partial charge in [0.05, 0.1) is 0 Å². The van der Waals surface area contributed by atoms with Crippen molar-refractivity contribution < 1.29 is 9.59 Å². The molecule has 0 bridgehead atoms. The average Bonchev–Trinajstić information content (AvgIpc) is 3.01. The van der Waals surface area contributed by atoms with Gasteiger partial charge in [-0.2, -0.15) is 0 Å². The maximum absolute atomic E-state index is 12.4. The second-order valence-electron chi connectivity index (χ2n) is 7.29. The van der Waals surface area contributed by atoms with Crippen molar-refractivity contribution >= 4 is 17.6 Å². The maximum atomic E-state index is 12.4. The van der Waals surface area contributed by atoms with Gasteiger partial charge in [-0.05, 0) is 64.8 Å². The fourth-order valence-electron chi connectivity index (χ4n) is 3.00. The largest absolute Gasteiger partial charge is 0.352 e. The van der Waals surface area contributed by atoms with Crippen molar-refractivity contribution in [2.75, 3.05) is 25.0 Å². The number of urea groups is 1. The Morgan fingerprint density at radius 3 is 2.64 bits per heavy atom. The van der Waals surface area contributed by atoms with E-state index in [9.17, 15) is 9.59 Å². The number of carbonyl (C=O) groups excluding carboxylic acids is 2. The van der Waals surface area contributed by atoms with E-state index >= 15 is 0 Å². The lowest BCUT2D eigenvalue weighted by Gasteiger charge is -2.20. The number of benzene rings is 1. The van der Waals surface area contributed by atoms with Crippen LogP contribution < -0.4 is 16.0 Å². The number of amides is 3. The van der Waals surface area contributed by atoms with Gasteiger partial charge in [-0.3, -0.25) is 4.79 Å². The number of nitrogens with one attached hydrogen (secondary N) is 3. The van der Waals surface area contributed by atoms with Gasteiger partial charge in [-0.1, -0.05) is 6.07 Å². The standard InChI is InChI=1S/C19H30N4O2/c1-13(2)21-19(25)22-17-7-5-6-16(10-17)18(24)20-11-15-8-9-23(12-15)14(3)4/h5-7,10,13-15H,8-9,11-12H2,1-4H3,(H,20,24)(H2,21,22,25). The van der Waals surface area contributed by atoms with Crippen molar-refractivity contribution in [2.45, 2.75) is 46.2 Å². The molecule has 0 saturated carbocycles. The predicted molar refractivity (Wildman–Crippen MR) is 101 cm³/mol. The minimum absolute atomic E-state index is 0.0586. The maximum Gasteiger partial charge on any atom is 0.319 e. The molecule has 1 aliphatic heterocycles. The van der Waals surface area contributed by atoms with Crippen LogP contribution in [0.3, 0.4) is 0 Å². The molecule has 1 aliphatic rings. The number of hydrogen-bond donors (Lipinski definition) is 3. The Morgan fingerprint density at radius 2 is 2.00 bits per heavy atom. The summed E-state index contributed by atoms with van der Waals surface area (Å²) in [7, 11) is 0. The number of carbonyl (C=O) groups is 2. The van der Waals surface area contributed by atoms with E-state index in [1.807, 2.05) is 13.8 Å². The lowest BCUT2D eigenvalue weighted by Crippen LogP contribution is -2.34. The van der Waals surface area contributed by atoms with E-state index in [0.717, 1.165) is 19.5 Å². The molecule has 0 spiro atoms. The Balaban J connectivity index is 1.85. The Morgan fingerprint density at radius 1 is 1.24 bits per heavy atom. The predicted octanol–water partition coefficient (Wildman–Crippen LogP) is 2.68. The molecule has 138 valence electrons. The molecule has 1 aromatic rings. The third kappa shape index (κ3) is 6.05. The van der Waals surface area contributed by atoms with E-state index in [2.05, 4.69) is 34.7 Å². The summed E-state index contributed by atoms with van der Waals surface area (Å²) in [6.45, 7) is 11.0. The van der Waals surface area contributed by atoms with Gasteiger partial charge in [0.1, 0.15) is 0 Å². The number of likely N-dealkylation sites (tertiary alicyclic amines) is 1. The summed E-state index contributed by atoms with van der Waals surface area (Å²) in [4.78, 5) is 26.6. The van der Waals surface area contributed by atoms with Crippen LogP contribution in [0.4, 0.5) is 10.5 Å². The molecule has 1 unspecified atom stereocenters. The van der Waals surface area contributed by atoms with Crippen LogP contribution in [0, 0.1) is 5.92 Å². The first kappa shape index (κ1) is 19.2. The zero-order valence-electron chi connectivity index (χ0n) is 15.6. The third-order valence-electron chi connectivity index (χ3n) is 4.40. The molecular weight excluding hydrogens is 316 g/mol. The topological polar surface area (TPSA) is 73.5 Å². The van der Waals surface area contributed by atoms with Crippen molar-refractivity contribution in [1.82, 2.24) is 15.5 Å². The third-order valence-corrected chi connectivity index (χ3v) is 4.40. The van der Waals surface area contributed by atoms with Crippen LogP contribution in [0.1, 0.15) is 44.5 Å². The monoisotopic (exact) mass is 346 g/mol. The van der Waals surface area contributed by atoms with Gasteiger partial charge in [0.2, 0.25) is 0 Å². The number of hydrogen-bond acceptors (Lipinski definition) is 3. The second-order valence-corrected chi connectivity index (χ2v) is 7.29. The first-order chi connectivity index (χ1) is 11.8. The van der Waals surface area contributed by atoms with Crippen LogP contribution in [0.2, 0.25) is 0 Å². The highest BCUT2D eigenvalue weighted by Crippen LogP contribution is 2.18. The van der Waals surface area contributed by atoms with Gasteiger partial charge >= 0.3 is 6.03 Å². The van der Waals surface area contributed by atoms with Crippen LogP contribution >= 0.6 is 0 Å². The minimum atomic E-state index is -0.271. The van der Waals surface area contributed by atoms with Crippen molar-refractivity contribution in [3.05, 3.63) is 29.8 Å². The summed E-state index contributed by atoms with van der Waals surface area (Å²) in [6, 6.07) is 7.35. The molecule has 3 amide bonds. The molecule has 1 saturated heterocycles. The van der Waals surface area contributed by atoms with Gasteiger partial charge in [-0.25, -0.2) is 4.79 Å². The fourth-order valence-corrected chi connectivity index (χ4v) is 3.00. The molecule has 25 heavy (non-hydrogen) atoms. The van der Waals surface area contributed by atoms with E-state index in [1.165, 1.54) is 0 Å². The van der Waals surface area contributed by atoms with Gasteiger partial charge < -0.3 is 20.9 Å². The Kier molecular flexibility index (Phi) is 6.82. The molecule has 1 aromatic carbocycles. The molecule has 6 nitrogen and oxygen atoms in total. The SMILES string of the molecule is CC(C)NC(=O)Nc1cccc(C(=O)NCC2CCN(C(C)C)C2)c1. The van der Waals surface area contributed by atoms with E-state index in [1.54, 1.807) is 24.3 Å². The first-order valence-corrected chi connectivity index (χ1v) is 9.05. The van der Waals surface area contributed by atoms with Gasteiger partial charge in [0, 0.05) is 36.4 Å².